The summed E-state index contributed by atoms with van der Waals surface area (Å²) in [5.74, 6) is -0.707. The third-order valence-corrected chi connectivity index (χ3v) is 3.27. The van der Waals surface area contributed by atoms with E-state index >= 15 is 0 Å². The van der Waals surface area contributed by atoms with Crippen LogP contribution in [0.4, 0.5) is 0 Å². The molecule has 0 radical (unpaired) electrons. The zero-order chi connectivity index (χ0) is 13.9. The molecule has 0 aliphatic rings. The molecule has 3 nitrogen and oxygen atoms in total. The molecule has 0 spiro atoms. The molecule has 18 heavy (non-hydrogen) atoms. The van der Waals surface area contributed by atoms with E-state index < -0.39 is 12.0 Å². The summed E-state index contributed by atoms with van der Waals surface area (Å²) in [4.78, 5) is 11.1. The number of hydrogen-bond donors (Lipinski definition) is 2. The first kappa shape index (κ1) is 14.7. The molecule has 0 unspecified atom stereocenters. The Morgan fingerprint density at radius 1 is 1.22 bits per heavy atom. The minimum atomic E-state index is -0.785. The topological polar surface area (TPSA) is 49.3 Å². The van der Waals surface area contributed by atoms with Crippen LogP contribution in [-0.4, -0.2) is 17.1 Å². The molecule has 0 fully saturated rings. The van der Waals surface area contributed by atoms with Gasteiger partial charge in [0.1, 0.15) is 6.04 Å². The van der Waals surface area contributed by atoms with Crippen LogP contribution in [0.2, 0.25) is 0 Å². The van der Waals surface area contributed by atoms with Gasteiger partial charge in [0.25, 0.3) is 0 Å². The third kappa shape index (κ3) is 3.57. The predicted octanol–water partition coefficient (Wildman–Crippen LogP) is 2.81. The highest BCUT2D eigenvalue weighted by Gasteiger charge is 2.20. The summed E-state index contributed by atoms with van der Waals surface area (Å²) in [6, 6.07) is 3.77. The Hall–Kier alpha value is -1.35. The van der Waals surface area contributed by atoms with Gasteiger partial charge in [-0.2, -0.15) is 0 Å². The van der Waals surface area contributed by atoms with Crippen molar-refractivity contribution in [3.05, 3.63) is 34.4 Å². The molecule has 1 aromatic carbocycles. The molecule has 100 valence electrons. The normalized spacial score (nSPS) is 12.8. The van der Waals surface area contributed by atoms with E-state index in [1.807, 2.05) is 13.8 Å². The molecule has 1 rings (SSSR count). The summed E-state index contributed by atoms with van der Waals surface area (Å²) in [6.45, 7) is 10.7. The lowest BCUT2D eigenvalue weighted by Crippen LogP contribution is -2.40. The van der Waals surface area contributed by atoms with E-state index in [4.69, 9.17) is 5.11 Å². The second kappa shape index (κ2) is 6.01. The number of carboxylic acids is 1. The molecule has 1 atom stereocenters. The Morgan fingerprint density at radius 3 is 2.11 bits per heavy atom. The van der Waals surface area contributed by atoms with Gasteiger partial charge in [-0.3, -0.25) is 4.79 Å². The van der Waals surface area contributed by atoms with Crippen LogP contribution in [0.15, 0.2) is 12.1 Å². The summed E-state index contributed by atoms with van der Waals surface area (Å²) >= 11 is 0. The first-order valence-electron chi connectivity index (χ1n) is 6.35. The Kier molecular flexibility index (Phi) is 4.91. The average molecular weight is 249 g/mol. The summed E-state index contributed by atoms with van der Waals surface area (Å²) in [6.07, 6.45) is 0. The number of benzene rings is 1. The quantitative estimate of drug-likeness (QED) is 0.843. The van der Waals surface area contributed by atoms with Crippen molar-refractivity contribution in [1.29, 1.82) is 0 Å². The number of rotatable bonds is 5. The van der Waals surface area contributed by atoms with Gasteiger partial charge >= 0.3 is 5.97 Å². The van der Waals surface area contributed by atoms with Gasteiger partial charge < -0.3 is 10.4 Å². The van der Waals surface area contributed by atoms with Crippen molar-refractivity contribution in [2.24, 2.45) is 5.92 Å². The van der Waals surface area contributed by atoms with Gasteiger partial charge in [0.15, 0.2) is 0 Å². The molecular weight excluding hydrogens is 226 g/mol. The van der Waals surface area contributed by atoms with Gasteiger partial charge in [-0.25, -0.2) is 0 Å². The molecule has 0 bridgehead atoms. The molecule has 0 aliphatic carbocycles. The van der Waals surface area contributed by atoms with Gasteiger partial charge in [0.05, 0.1) is 0 Å². The predicted molar refractivity (Wildman–Crippen MR) is 73.8 cm³/mol. The zero-order valence-corrected chi connectivity index (χ0v) is 11.9. The Balaban J connectivity index is 2.83. The van der Waals surface area contributed by atoms with Crippen molar-refractivity contribution in [2.45, 2.75) is 47.2 Å². The largest absolute Gasteiger partial charge is 0.480 e. The summed E-state index contributed by atoms with van der Waals surface area (Å²) in [5.41, 5.74) is 4.88. The van der Waals surface area contributed by atoms with Crippen molar-refractivity contribution in [3.63, 3.8) is 0 Å². The molecule has 1 aromatic rings. The lowest BCUT2D eigenvalue weighted by atomic mass is 9.98. The van der Waals surface area contributed by atoms with Crippen LogP contribution in [0.25, 0.3) is 0 Å². The van der Waals surface area contributed by atoms with Crippen molar-refractivity contribution in [2.75, 3.05) is 0 Å². The van der Waals surface area contributed by atoms with Crippen LogP contribution < -0.4 is 5.32 Å². The van der Waals surface area contributed by atoms with Crippen LogP contribution in [0, 0.1) is 26.7 Å². The summed E-state index contributed by atoms with van der Waals surface area (Å²) in [7, 11) is 0. The molecule has 0 heterocycles. The number of hydrogen-bond acceptors (Lipinski definition) is 2. The van der Waals surface area contributed by atoms with Crippen molar-refractivity contribution < 1.29 is 9.90 Å². The van der Waals surface area contributed by atoms with Gasteiger partial charge in [-0.05, 0) is 43.4 Å². The second-order valence-electron chi connectivity index (χ2n) is 5.32. The molecule has 2 N–H and O–H groups in total. The van der Waals surface area contributed by atoms with E-state index in [1.54, 1.807) is 0 Å². The standard InChI is InChI=1S/C15H23NO2/c1-9(2)14(15(17)18)16-8-13-11(4)6-10(3)7-12(13)5/h6-7,9,14,16H,8H2,1-5H3,(H,17,18)/t14-/m0/s1. The fourth-order valence-electron chi connectivity index (χ4n) is 2.31. The van der Waals surface area contributed by atoms with E-state index in [1.165, 1.54) is 22.3 Å². The highest BCUT2D eigenvalue weighted by Crippen LogP contribution is 2.16. The average Bonchev–Trinajstić information content (AvgIpc) is 2.20. The lowest BCUT2D eigenvalue weighted by Gasteiger charge is -2.20. The number of carboxylic acid groups (broad SMARTS) is 1. The van der Waals surface area contributed by atoms with Gasteiger partial charge in [-0.1, -0.05) is 31.5 Å². The molecule has 0 amide bonds. The number of aryl methyl sites for hydroxylation is 3. The number of nitrogens with one attached hydrogen (secondary N) is 1. The van der Waals surface area contributed by atoms with Crippen molar-refractivity contribution in [1.82, 2.24) is 5.32 Å². The Labute approximate surface area is 109 Å². The first-order valence-corrected chi connectivity index (χ1v) is 6.35. The fraction of sp³-hybridized carbons (Fsp3) is 0.533. The van der Waals surface area contributed by atoms with Crippen LogP contribution in [0.1, 0.15) is 36.1 Å². The first-order chi connectivity index (χ1) is 8.32. The summed E-state index contributed by atoms with van der Waals surface area (Å²) in [5, 5.41) is 12.3. The summed E-state index contributed by atoms with van der Waals surface area (Å²) < 4.78 is 0. The minimum absolute atomic E-state index is 0.0774. The second-order valence-corrected chi connectivity index (χ2v) is 5.32. The van der Waals surface area contributed by atoms with Gasteiger partial charge in [0, 0.05) is 6.54 Å². The van der Waals surface area contributed by atoms with Crippen LogP contribution in [0.3, 0.4) is 0 Å². The van der Waals surface area contributed by atoms with Crippen molar-refractivity contribution in [3.8, 4) is 0 Å². The van der Waals surface area contributed by atoms with Crippen LogP contribution in [-0.2, 0) is 11.3 Å². The van der Waals surface area contributed by atoms with E-state index in [0.29, 0.717) is 6.54 Å². The Morgan fingerprint density at radius 2 is 1.72 bits per heavy atom. The van der Waals surface area contributed by atoms with Gasteiger partial charge in [-0.15, -0.1) is 0 Å². The SMILES string of the molecule is Cc1cc(C)c(CN[C@H](C(=O)O)C(C)C)c(C)c1. The maximum atomic E-state index is 11.1. The lowest BCUT2D eigenvalue weighted by molar-refractivity contribution is -0.140. The van der Waals surface area contributed by atoms with E-state index in [2.05, 4.69) is 38.2 Å². The monoisotopic (exact) mass is 249 g/mol. The highest BCUT2D eigenvalue weighted by molar-refractivity contribution is 5.73. The number of aliphatic carboxylic acids is 1. The molecule has 0 aromatic heterocycles. The molecule has 0 saturated heterocycles. The fourth-order valence-corrected chi connectivity index (χ4v) is 2.31. The maximum absolute atomic E-state index is 11.1. The molecule has 0 saturated carbocycles. The van der Waals surface area contributed by atoms with Crippen LogP contribution in [0.5, 0.6) is 0 Å². The maximum Gasteiger partial charge on any atom is 0.320 e. The van der Waals surface area contributed by atoms with Gasteiger partial charge in [0.2, 0.25) is 0 Å². The molecular formula is C15H23NO2. The van der Waals surface area contributed by atoms with Crippen molar-refractivity contribution >= 4 is 5.97 Å². The number of carbonyl (C=O) groups is 1. The van der Waals surface area contributed by atoms with E-state index in [-0.39, 0.29) is 5.92 Å². The molecule has 3 heteroatoms. The molecule has 0 aliphatic heterocycles. The van der Waals surface area contributed by atoms with E-state index in [0.717, 1.165) is 0 Å². The third-order valence-electron chi connectivity index (χ3n) is 3.27. The van der Waals surface area contributed by atoms with Crippen LogP contribution >= 0.6 is 0 Å². The highest BCUT2D eigenvalue weighted by atomic mass is 16.4. The van der Waals surface area contributed by atoms with E-state index in [9.17, 15) is 4.79 Å². The Bertz CT molecular complexity index is 415. The minimum Gasteiger partial charge on any atom is -0.480 e. The smallest absolute Gasteiger partial charge is 0.320 e. The zero-order valence-electron chi connectivity index (χ0n) is 11.9.